The molecule has 0 bridgehead atoms. The van der Waals surface area contributed by atoms with Crippen molar-refractivity contribution in [2.75, 3.05) is 26.0 Å². The first-order valence-electron chi connectivity index (χ1n) is 14.3. The number of aliphatic carboxylic acids is 1. The number of carboxylic acid groups (broad SMARTS) is 1. The van der Waals surface area contributed by atoms with E-state index in [1.807, 2.05) is 59.3 Å². The van der Waals surface area contributed by atoms with E-state index in [1.54, 1.807) is 6.20 Å². The number of carboxylic acids is 1. The summed E-state index contributed by atoms with van der Waals surface area (Å²) in [5, 5.41) is 63.9. The van der Waals surface area contributed by atoms with Crippen molar-refractivity contribution in [3.05, 3.63) is 60.8 Å². The van der Waals surface area contributed by atoms with E-state index in [9.17, 15) is 38.4 Å². The minimum Gasteiger partial charge on any atom is -0.544 e. The van der Waals surface area contributed by atoms with Crippen LogP contribution in [0.1, 0.15) is 12.8 Å². The van der Waals surface area contributed by atoms with Gasteiger partial charge in [0.15, 0.2) is 0 Å². The molecule has 250 valence electrons. The van der Waals surface area contributed by atoms with Crippen molar-refractivity contribution in [1.29, 1.82) is 0 Å². The molecule has 1 saturated heterocycles. The van der Waals surface area contributed by atoms with E-state index in [1.165, 1.54) is 4.68 Å². The number of aryl methyl sites for hydroxylation is 1. The van der Waals surface area contributed by atoms with Crippen molar-refractivity contribution in [3.8, 4) is 22.4 Å². The Morgan fingerprint density at radius 3 is 2.38 bits per heavy atom. The van der Waals surface area contributed by atoms with Gasteiger partial charge >= 0.3 is 29.6 Å². The molecule has 0 spiro atoms. The van der Waals surface area contributed by atoms with Crippen LogP contribution in [0.5, 0.6) is 0 Å². The SMILES string of the molecule is CS(=O)(=O)NC[C@@H](O)[C@@H](O)[C@@H]1O[C@@](OCCCn2cc(-c3ccc(-c4ccccc4)cc3)nn2)(C(=O)[O-])C[C@H](O)[C@H]1NC(=O)CO.[Na+]. The van der Waals surface area contributed by atoms with E-state index in [4.69, 9.17) is 14.6 Å². The first kappa shape index (κ1) is 38.6. The number of carbonyl (C=O) groups is 2. The maximum absolute atomic E-state index is 12.3. The Labute approximate surface area is 293 Å². The minimum atomic E-state index is -3.79. The fraction of sp³-hybridized carbons (Fsp3) is 0.448. The summed E-state index contributed by atoms with van der Waals surface area (Å²) in [6.45, 7) is -1.71. The Hall–Kier alpha value is -2.81. The number of aromatic nitrogens is 3. The summed E-state index contributed by atoms with van der Waals surface area (Å²) in [5.41, 5.74) is 3.57. The minimum absolute atomic E-state index is 0. The number of nitrogens with zero attached hydrogens (tertiary/aromatic N) is 3. The van der Waals surface area contributed by atoms with Crippen LogP contribution in [0.2, 0.25) is 0 Å². The van der Waals surface area contributed by atoms with Gasteiger partial charge in [0, 0.05) is 25.1 Å². The normalized spacial score (nSPS) is 22.5. The number of aliphatic hydroxyl groups is 4. The van der Waals surface area contributed by atoms with Gasteiger partial charge < -0.3 is 45.1 Å². The Balaban J connectivity index is 0.00000600. The fourth-order valence-electron chi connectivity index (χ4n) is 4.98. The van der Waals surface area contributed by atoms with Crippen molar-refractivity contribution in [1.82, 2.24) is 25.0 Å². The molecule has 3 aromatic rings. The van der Waals surface area contributed by atoms with Gasteiger partial charge in [0.05, 0.1) is 37.3 Å². The molecule has 0 unspecified atom stereocenters. The Bertz CT molecular complexity index is 1580. The molecule has 2 heterocycles. The standard InChI is InChI=1S/C29H37N5O11S.Na/c1-46(42,43)30-15-23(37)26(39)27-25(31-24(38)17-35)22(36)14-29(45-27,28(40)41)44-13-5-12-34-16-21(32-33-34)20-10-8-19(9-11-20)18-6-3-2-4-7-18;/h2-4,6-11,16,22-23,25-27,30,35-37,39H,5,12-15,17H2,1H3,(H,31,38)(H,40,41);/q;+1/p-1/t22-,23+,25+,26+,27+,29+;/m0./s1. The first-order chi connectivity index (χ1) is 21.8. The number of carbonyl (C=O) groups excluding carboxylic acids is 2. The smallest absolute Gasteiger partial charge is 0.544 e. The quantitative estimate of drug-likeness (QED) is 0.0646. The molecule has 0 radical (unpaired) electrons. The number of aliphatic hydroxyl groups excluding tert-OH is 4. The summed E-state index contributed by atoms with van der Waals surface area (Å²) in [6, 6.07) is 16.1. The van der Waals surface area contributed by atoms with Crippen molar-refractivity contribution in [2.45, 2.75) is 55.6 Å². The zero-order chi connectivity index (χ0) is 33.5. The van der Waals surface area contributed by atoms with E-state index in [2.05, 4.69) is 15.6 Å². The molecular formula is C29H36N5NaO11S. The Morgan fingerprint density at radius 2 is 1.77 bits per heavy atom. The summed E-state index contributed by atoms with van der Waals surface area (Å²) in [7, 11) is -3.79. The van der Waals surface area contributed by atoms with E-state index < -0.39 is 77.7 Å². The molecule has 6 N–H and O–H groups in total. The van der Waals surface area contributed by atoms with Crippen LogP contribution >= 0.6 is 0 Å². The fourth-order valence-corrected chi connectivity index (χ4v) is 5.46. The molecule has 1 aliphatic rings. The monoisotopic (exact) mass is 685 g/mol. The van der Waals surface area contributed by atoms with E-state index in [-0.39, 0.29) is 49.1 Å². The Kier molecular flexibility index (Phi) is 14.0. The number of sulfonamides is 1. The van der Waals surface area contributed by atoms with Crippen LogP contribution in [0.4, 0.5) is 0 Å². The van der Waals surface area contributed by atoms with Gasteiger partial charge in [-0.2, -0.15) is 0 Å². The van der Waals surface area contributed by atoms with Crippen LogP contribution in [0.3, 0.4) is 0 Å². The largest absolute Gasteiger partial charge is 1.00 e. The van der Waals surface area contributed by atoms with E-state index in [0.717, 1.165) is 22.9 Å². The second kappa shape index (κ2) is 17.0. The third-order valence-electron chi connectivity index (χ3n) is 7.33. The van der Waals surface area contributed by atoms with Crippen molar-refractivity contribution in [3.63, 3.8) is 0 Å². The molecule has 16 nitrogen and oxygen atoms in total. The zero-order valence-electron chi connectivity index (χ0n) is 25.8. The van der Waals surface area contributed by atoms with Crippen molar-refractivity contribution < 1.29 is 82.6 Å². The predicted octanol–water partition coefficient (Wildman–Crippen LogP) is -5.63. The van der Waals surface area contributed by atoms with E-state index >= 15 is 0 Å². The van der Waals surface area contributed by atoms with Gasteiger partial charge in [0.25, 0.3) is 0 Å². The number of amides is 1. The van der Waals surface area contributed by atoms with Crippen molar-refractivity contribution >= 4 is 21.9 Å². The second-order valence-electron chi connectivity index (χ2n) is 10.8. The van der Waals surface area contributed by atoms with Crippen LogP contribution < -0.4 is 44.7 Å². The third-order valence-corrected chi connectivity index (χ3v) is 8.02. The van der Waals surface area contributed by atoms with Crippen LogP contribution in [-0.2, 0) is 35.6 Å². The van der Waals surface area contributed by atoms with Crippen molar-refractivity contribution in [2.24, 2.45) is 0 Å². The van der Waals surface area contributed by atoms with Crippen LogP contribution in [0.15, 0.2) is 60.8 Å². The number of ether oxygens (including phenoxy) is 2. The van der Waals surface area contributed by atoms with Gasteiger partial charge in [0.2, 0.25) is 21.7 Å². The number of benzene rings is 2. The molecule has 1 aliphatic heterocycles. The second-order valence-corrected chi connectivity index (χ2v) is 12.7. The number of rotatable bonds is 15. The molecule has 4 rings (SSSR count). The molecule has 18 heteroatoms. The predicted molar refractivity (Wildman–Crippen MR) is 159 cm³/mol. The molecule has 47 heavy (non-hydrogen) atoms. The van der Waals surface area contributed by atoms with Gasteiger partial charge in [-0.25, -0.2) is 13.1 Å². The molecule has 1 amide bonds. The van der Waals surface area contributed by atoms with Gasteiger partial charge in [-0.3, -0.25) is 9.48 Å². The zero-order valence-corrected chi connectivity index (χ0v) is 28.6. The summed E-state index contributed by atoms with van der Waals surface area (Å²) >= 11 is 0. The summed E-state index contributed by atoms with van der Waals surface area (Å²) in [5.74, 6) is -5.51. The molecule has 0 aliphatic carbocycles. The molecule has 1 aromatic heterocycles. The van der Waals surface area contributed by atoms with Gasteiger partial charge in [-0.15, -0.1) is 5.10 Å². The first-order valence-corrected chi connectivity index (χ1v) is 16.2. The average molecular weight is 686 g/mol. The van der Waals surface area contributed by atoms with Gasteiger partial charge in [-0.1, -0.05) is 59.8 Å². The third kappa shape index (κ3) is 10.3. The summed E-state index contributed by atoms with van der Waals surface area (Å²) < 4.78 is 37.5. The topological polar surface area (TPSA) is 245 Å². The van der Waals surface area contributed by atoms with Crippen LogP contribution in [-0.4, -0.2) is 118 Å². The Morgan fingerprint density at radius 1 is 1.13 bits per heavy atom. The molecule has 6 atom stereocenters. The molecule has 1 fully saturated rings. The number of hydrogen-bond acceptors (Lipinski definition) is 13. The van der Waals surface area contributed by atoms with E-state index in [0.29, 0.717) is 5.69 Å². The van der Waals surface area contributed by atoms with Gasteiger partial charge in [0.1, 0.15) is 30.5 Å². The van der Waals surface area contributed by atoms with Crippen LogP contribution in [0.25, 0.3) is 22.4 Å². The maximum atomic E-state index is 12.3. The molecule has 0 saturated carbocycles. The van der Waals surface area contributed by atoms with Gasteiger partial charge in [-0.05, 0) is 17.5 Å². The average Bonchev–Trinajstić information content (AvgIpc) is 3.51. The number of nitrogens with one attached hydrogen (secondary N) is 2. The number of hydrogen-bond donors (Lipinski definition) is 6. The van der Waals surface area contributed by atoms with Crippen LogP contribution in [0, 0.1) is 0 Å². The molecule has 2 aromatic carbocycles. The maximum Gasteiger partial charge on any atom is 1.00 e. The summed E-state index contributed by atoms with van der Waals surface area (Å²) in [6.07, 6.45) is -5.49. The molecular weight excluding hydrogens is 649 g/mol. The summed E-state index contributed by atoms with van der Waals surface area (Å²) in [4.78, 5) is 24.2.